The highest BCUT2D eigenvalue weighted by Crippen LogP contribution is 2.23. The Hall–Kier alpha value is -3.74. The molecule has 7 heteroatoms. The number of benzene rings is 2. The normalized spacial score (nSPS) is 15.9. The number of carbonyl (C=O) groups is 2. The number of aromatic hydroxyl groups is 1. The number of likely N-dealkylation sites (tertiary alicyclic amines) is 1. The van der Waals surface area contributed by atoms with Gasteiger partial charge < -0.3 is 15.3 Å². The maximum Gasteiger partial charge on any atom is 0.253 e. The summed E-state index contributed by atoms with van der Waals surface area (Å²) in [6.07, 6.45) is 4.60. The van der Waals surface area contributed by atoms with Crippen LogP contribution in [-0.2, 0) is 4.79 Å². The molecule has 4 rings (SSSR count). The molecule has 1 aromatic heterocycles. The summed E-state index contributed by atoms with van der Waals surface area (Å²) in [5.41, 5.74) is 3.95. The van der Waals surface area contributed by atoms with Gasteiger partial charge in [-0.3, -0.25) is 9.59 Å². The van der Waals surface area contributed by atoms with Crippen molar-refractivity contribution >= 4 is 17.5 Å². The van der Waals surface area contributed by atoms with Crippen LogP contribution in [-0.4, -0.2) is 44.9 Å². The summed E-state index contributed by atoms with van der Waals surface area (Å²) in [6.45, 7) is 4.99. The highest BCUT2D eigenvalue weighted by atomic mass is 16.3. The summed E-state index contributed by atoms with van der Waals surface area (Å²) in [5.74, 6) is 0.136. The zero-order chi connectivity index (χ0) is 22.7. The largest absolute Gasteiger partial charge is 0.508 e. The van der Waals surface area contributed by atoms with Gasteiger partial charge in [-0.2, -0.15) is 0 Å². The summed E-state index contributed by atoms with van der Waals surface area (Å²) >= 11 is 0. The molecule has 0 saturated carbocycles. The highest BCUT2D eigenvalue weighted by molar-refractivity contribution is 5.96. The van der Waals surface area contributed by atoms with E-state index in [-0.39, 0.29) is 23.5 Å². The summed E-state index contributed by atoms with van der Waals surface area (Å²) in [4.78, 5) is 36.2. The number of hydrogen-bond donors (Lipinski definition) is 2. The van der Waals surface area contributed by atoms with E-state index in [0.29, 0.717) is 35.7 Å². The molecule has 1 unspecified atom stereocenters. The van der Waals surface area contributed by atoms with Crippen molar-refractivity contribution in [3.8, 4) is 17.1 Å². The minimum absolute atomic E-state index is 0.0342. The van der Waals surface area contributed by atoms with Gasteiger partial charge in [0.25, 0.3) is 5.91 Å². The van der Waals surface area contributed by atoms with Crippen molar-refractivity contribution in [2.75, 3.05) is 18.4 Å². The molecule has 164 valence electrons. The lowest BCUT2D eigenvalue weighted by Gasteiger charge is -2.32. The Labute approximate surface area is 187 Å². The van der Waals surface area contributed by atoms with Crippen LogP contribution in [0.1, 0.15) is 34.3 Å². The van der Waals surface area contributed by atoms with Crippen molar-refractivity contribution in [1.82, 2.24) is 14.9 Å². The molecule has 3 aromatic rings. The van der Waals surface area contributed by atoms with Crippen LogP contribution in [0.3, 0.4) is 0 Å². The van der Waals surface area contributed by atoms with Gasteiger partial charge in [-0.25, -0.2) is 9.97 Å². The fraction of sp³-hybridized carbons (Fsp3) is 0.280. The maximum absolute atomic E-state index is 13.0. The number of piperidine rings is 1. The zero-order valence-electron chi connectivity index (χ0n) is 18.2. The number of rotatable bonds is 4. The Bertz CT molecular complexity index is 1120. The van der Waals surface area contributed by atoms with E-state index >= 15 is 0 Å². The van der Waals surface area contributed by atoms with Crippen LogP contribution in [0.4, 0.5) is 5.69 Å². The van der Waals surface area contributed by atoms with Gasteiger partial charge in [0, 0.05) is 24.2 Å². The van der Waals surface area contributed by atoms with Gasteiger partial charge in [-0.05, 0) is 51.0 Å². The molecule has 1 fully saturated rings. The minimum Gasteiger partial charge on any atom is -0.508 e. The fourth-order valence-corrected chi connectivity index (χ4v) is 4.09. The molecule has 2 heterocycles. The standard InChI is InChI=1S/C25H26N4O3/c1-16-9-17(2)11-20(10-16)25(32)29-8-4-6-19(15-29)24(31)28-21-13-26-23(27-14-21)18-5-3-7-22(30)12-18/h3,5,7,9-14,19,30H,4,6,8,15H2,1-2H3,(H,28,31). The number of phenols is 1. The summed E-state index contributed by atoms with van der Waals surface area (Å²) in [6, 6.07) is 12.5. The number of nitrogens with zero attached hydrogens (tertiary/aromatic N) is 3. The predicted octanol–water partition coefficient (Wildman–Crippen LogP) is 3.96. The van der Waals surface area contributed by atoms with Crippen LogP contribution in [0.2, 0.25) is 0 Å². The number of carbonyl (C=O) groups excluding carboxylic acids is 2. The van der Waals surface area contributed by atoms with E-state index in [9.17, 15) is 14.7 Å². The summed E-state index contributed by atoms with van der Waals surface area (Å²) < 4.78 is 0. The second-order valence-corrected chi connectivity index (χ2v) is 8.30. The van der Waals surface area contributed by atoms with Crippen LogP contribution in [0.15, 0.2) is 54.9 Å². The van der Waals surface area contributed by atoms with E-state index in [1.54, 1.807) is 41.6 Å². The molecule has 2 aromatic carbocycles. The second kappa shape index (κ2) is 9.18. The zero-order valence-corrected chi connectivity index (χ0v) is 18.2. The Morgan fingerprint density at radius 2 is 1.78 bits per heavy atom. The highest BCUT2D eigenvalue weighted by Gasteiger charge is 2.29. The average molecular weight is 431 g/mol. The van der Waals surface area contributed by atoms with Gasteiger partial charge in [0.1, 0.15) is 5.75 Å². The van der Waals surface area contributed by atoms with Crippen molar-refractivity contribution in [2.24, 2.45) is 5.92 Å². The maximum atomic E-state index is 13.0. The van der Waals surface area contributed by atoms with Crippen molar-refractivity contribution in [3.63, 3.8) is 0 Å². The summed E-state index contributed by atoms with van der Waals surface area (Å²) in [5, 5.41) is 12.5. The van der Waals surface area contributed by atoms with Crippen molar-refractivity contribution in [2.45, 2.75) is 26.7 Å². The van der Waals surface area contributed by atoms with E-state index in [2.05, 4.69) is 15.3 Å². The quantitative estimate of drug-likeness (QED) is 0.653. The van der Waals surface area contributed by atoms with E-state index in [1.165, 1.54) is 0 Å². The SMILES string of the molecule is Cc1cc(C)cc(C(=O)N2CCCC(C(=O)Nc3cnc(-c4cccc(O)c4)nc3)C2)c1. The number of nitrogens with one attached hydrogen (secondary N) is 1. The molecule has 0 aliphatic carbocycles. The minimum atomic E-state index is -0.288. The molecule has 2 N–H and O–H groups in total. The Balaban J connectivity index is 1.40. The van der Waals surface area contributed by atoms with E-state index < -0.39 is 0 Å². The monoisotopic (exact) mass is 430 g/mol. The number of aromatic nitrogens is 2. The molecule has 7 nitrogen and oxygen atoms in total. The van der Waals surface area contributed by atoms with Crippen molar-refractivity contribution in [1.29, 1.82) is 0 Å². The first-order valence-electron chi connectivity index (χ1n) is 10.7. The Morgan fingerprint density at radius 1 is 1.06 bits per heavy atom. The first-order chi connectivity index (χ1) is 15.4. The first kappa shape index (κ1) is 21.5. The third kappa shape index (κ3) is 4.94. The molecule has 1 aliphatic heterocycles. The molecule has 0 spiro atoms. The number of aryl methyl sites for hydroxylation is 2. The third-order valence-corrected chi connectivity index (χ3v) is 5.57. The lowest BCUT2D eigenvalue weighted by atomic mass is 9.96. The molecule has 0 radical (unpaired) electrons. The van der Waals surface area contributed by atoms with Crippen LogP contribution < -0.4 is 5.32 Å². The van der Waals surface area contributed by atoms with Gasteiger partial charge in [0.2, 0.25) is 5.91 Å². The molecule has 2 amide bonds. The first-order valence-corrected chi connectivity index (χ1v) is 10.7. The molecule has 0 bridgehead atoms. The van der Waals surface area contributed by atoms with Crippen molar-refractivity contribution < 1.29 is 14.7 Å². The lowest BCUT2D eigenvalue weighted by Crippen LogP contribution is -2.43. The smallest absolute Gasteiger partial charge is 0.253 e. The Kier molecular flexibility index (Phi) is 6.16. The molecular weight excluding hydrogens is 404 g/mol. The second-order valence-electron chi connectivity index (χ2n) is 8.30. The predicted molar refractivity (Wildman–Crippen MR) is 122 cm³/mol. The van der Waals surface area contributed by atoms with E-state index in [1.807, 2.05) is 32.0 Å². The molecule has 1 aliphatic rings. The van der Waals surface area contributed by atoms with E-state index in [0.717, 1.165) is 24.0 Å². The molecular formula is C25H26N4O3. The molecule has 32 heavy (non-hydrogen) atoms. The number of anilines is 1. The molecule has 1 saturated heterocycles. The van der Waals surface area contributed by atoms with Crippen molar-refractivity contribution in [3.05, 3.63) is 71.5 Å². The number of amides is 2. The van der Waals surface area contributed by atoms with Crippen LogP contribution in [0.25, 0.3) is 11.4 Å². The third-order valence-electron chi connectivity index (χ3n) is 5.57. The topological polar surface area (TPSA) is 95.4 Å². The van der Waals surface area contributed by atoms with Crippen LogP contribution in [0, 0.1) is 19.8 Å². The number of hydrogen-bond acceptors (Lipinski definition) is 5. The number of phenolic OH excluding ortho intramolecular Hbond substituents is 1. The van der Waals surface area contributed by atoms with Crippen LogP contribution in [0.5, 0.6) is 5.75 Å². The Morgan fingerprint density at radius 3 is 2.47 bits per heavy atom. The van der Waals surface area contributed by atoms with Gasteiger partial charge in [0.05, 0.1) is 24.0 Å². The summed E-state index contributed by atoms with van der Waals surface area (Å²) in [7, 11) is 0. The van der Waals surface area contributed by atoms with Gasteiger partial charge >= 0.3 is 0 Å². The molecule has 1 atom stereocenters. The average Bonchev–Trinajstić information content (AvgIpc) is 2.78. The van der Waals surface area contributed by atoms with Gasteiger partial charge in [-0.15, -0.1) is 0 Å². The van der Waals surface area contributed by atoms with Crippen LogP contribution >= 0.6 is 0 Å². The fourth-order valence-electron chi connectivity index (χ4n) is 4.09. The lowest BCUT2D eigenvalue weighted by molar-refractivity contribution is -0.121. The van der Waals surface area contributed by atoms with E-state index in [4.69, 9.17) is 0 Å². The van der Waals surface area contributed by atoms with Gasteiger partial charge in [-0.1, -0.05) is 29.3 Å². The van der Waals surface area contributed by atoms with Gasteiger partial charge in [0.15, 0.2) is 5.82 Å².